The lowest BCUT2D eigenvalue weighted by molar-refractivity contribution is -0.123. The van der Waals surface area contributed by atoms with Gasteiger partial charge in [-0.05, 0) is 35.9 Å². The molecule has 124 valence electrons. The van der Waals surface area contributed by atoms with Crippen molar-refractivity contribution in [1.29, 1.82) is 0 Å². The highest BCUT2D eigenvalue weighted by atomic mass is 35.5. The molecule has 1 aliphatic rings. The highest BCUT2D eigenvalue weighted by Crippen LogP contribution is 2.23. The largest absolute Gasteiger partial charge is 0.387 e. The molecule has 1 aliphatic heterocycles. The molecule has 1 heterocycles. The second-order valence-corrected chi connectivity index (χ2v) is 6.78. The lowest BCUT2D eigenvalue weighted by Crippen LogP contribution is -2.41. The van der Waals surface area contributed by atoms with Crippen molar-refractivity contribution in [3.8, 4) is 0 Å². The number of carbonyl (C=O) groups excluding carboxylic acids is 1. The van der Waals surface area contributed by atoms with Crippen LogP contribution in [0.15, 0.2) is 24.3 Å². The number of carbonyl (C=O) groups is 1. The van der Waals surface area contributed by atoms with Gasteiger partial charge in [0.25, 0.3) is 0 Å². The Morgan fingerprint density at radius 3 is 2.50 bits per heavy atom. The Hall–Kier alpha value is -1.10. The molecule has 1 amide bonds. The van der Waals surface area contributed by atoms with Gasteiger partial charge in [0, 0.05) is 6.54 Å². The molecule has 0 bridgehead atoms. The van der Waals surface area contributed by atoms with E-state index in [1.807, 2.05) is 24.3 Å². The Labute approximate surface area is 139 Å². The van der Waals surface area contributed by atoms with Gasteiger partial charge in [-0.15, -0.1) is 12.4 Å². The van der Waals surface area contributed by atoms with Crippen molar-refractivity contribution >= 4 is 18.3 Å². The first-order chi connectivity index (χ1) is 9.88. The number of hydrogen-bond acceptors (Lipinski definition) is 3. The summed E-state index contributed by atoms with van der Waals surface area (Å²) in [5.41, 5.74) is 2.17. The fraction of sp³-hybridized carbons (Fsp3) is 0.588. The van der Waals surface area contributed by atoms with Crippen LogP contribution in [-0.2, 0) is 10.2 Å². The number of benzene rings is 1. The minimum atomic E-state index is -0.663. The molecule has 5 heteroatoms. The zero-order valence-electron chi connectivity index (χ0n) is 13.6. The minimum Gasteiger partial charge on any atom is -0.387 e. The summed E-state index contributed by atoms with van der Waals surface area (Å²) < 4.78 is 0. The summed E-state index contributed by atoms with van der Waals surface area (Å²) >= 11 is 0. The monoisotopic (exact) mass is 326 g/mol. The Balaban J connectivity index is 0.00000242. The molecular formula is C17H27ClN2O2. The van der Waals surface area contributed by atoms with Crippen LogP contribution in [0.4, 0.5) is 0 Å². The van der Waals surface area contributed by atoms with Crippen molar-refractivity contribution in [1.82, 2.24) is 10.6 Å². The number of halogens is 1. The van der Waals surface area contributed by atoms with E-state index in [1.54, 1.807) is 0 Å². The number of aliphatic hydroxyl groups is 1. The standard InChI is InChI=1S/C17H26N2O2.ClH/c1-17(2,3)13-8-6-12(7-9-13)15(20)11-19-16(21)14-5-4-10-18-14;/h6-9,14-15,18,20H,4-5,10-11H2,1-3H3,(H,19,21);1H. The summed E-state index contributed by atoms with van der Waals surface area (Å²) in [6.07, 6.45) is 1.25. The van der Waals surface area contributed by atoms with Gasteiger partial charge in [-0.3, -0.25) is 4.79 Å². The van der Waals surface area contributed by atoms with E-state index < -0.39 is 6.10 Å². The Kier molecular flexibility index (Phi) is 6.85. The van der Waals surface area contributed by atoms with Gasteiger partial charge in [-0.25, -0.2) is 0 Å². The average molecular weight is 327 g/mol. The van der Waals surface area contributed by atoms with Crippen molar-refractivity contribution in [3.63, 3.8) is 0 Å². The summed E-state index contributed by atoms with van der Waals surface area (Å²) in [5, 5.41) is 16.1. The molecule has 1 aromatic rings. The van der Waals surface area contributed by atoms with Crippen LogP contribution in [0, 0.1) is 0 Å². The molecular weight excluding hydrogens is 300 g/mol. The first kappa shape index (κ1) is 18.9. The Morgan fingerprint density at radius 2 is 2.00 bits per heavy atom. The number of rotatable bonds is 4. The maximum atomic E-state index is 11.9. The maximum absolute atomic E-state index is 11.9. The fourth-order valence-electron chi connectivity index (χ4n) is 2.55. The Bertz CT molecular complexity index is 476. The number of amides is 1. The number of aliphatic hydroxyl groups excluding tert-OH is 1. The molecule has 0 aromatic heterocycles. The highest BCUT2D eigenvalue weighted by Gasteiger charge is 2.22. The number of nitrogens with one attached hydrogen (secondary N) is 2. The van der Waals surface area contributed by atoms with Gasteiger partial charge in [-0.2, -0.15) is 0 Å². The van der Waals surface area contributed by atoms with Crippen LogP contribution in [0.25, 0.3) is 0 Å². The number of hydrogen-bond donors (Lipinski definition) is 3. The van der Waals surface area contributed by atoms with Crippen LogP contribution < -0.4 is 10.6 Å². The van der Waals surface area contributed by atoms with Gasteiger partial charge in [0.15, 0.2) is 0 Å². The van der Waals surface area contributed by atoms with Gasteiger partial charge < -0.3 is 15.7 Å². The van der Waals surface area contributed by atoms with E-state index in [0.717, 1.165) is 24.9 Å². The molecule has 0 aliphatic carbocycles. The molecule has 3 N–H and O–H groups in total. The van der Waals surface area contributed by atoms with Gasteiger partial charge in [0.2, 0.25) is 5.91 Å². The van der Waals surface area contributed by atoms with E-state index >= 15 is 0 Å². The summed E-state index contributed by atoms with van der Waals surface area (Å²) in [6.45, 7) is 7.63. The maximum Gasteiger partial charge on any atom is 0.237 e. The van der Waals surface area contributed by atoms with Crippen LogP contribution >= 0.6 is 12.4 Å². The van der Waals surface area contributed by atoms with Crippen molar-refractivity contribution in [3.05, 3.63) is 35.4 Å². The van der Waals surface area contributed by atoms with Crippen molar-refractivity contribution in [2.45, 2.75) is 51.2 Å². The molecule has 0 saturated carbocycles. The molecule has 4 nitrogen and oxygen atoms in total. The molecule has 2 atom stereocenters. The molecule has 1 saturated heterocycles. The smallest absolute Gasteiger partial charge is 0.237 e. The predicted molar refractivity (Wildman–Crippen MR) is 91.4 cm³/mol. The molecule has 2 rings (SSSR count). The molecule has 2 unspecified atom stereocenters. The summed E-state index contributed by atoms with van der Waals surface area (Å²) in [5.74, 6) is -0.0159. The first-order valence-electron chi connectivity index (χ1n) is 7.67. The first-order valence-corrected chi connectivity index (χ1v) is 7.67. The summed E-state index contributed by atoms with van der Waals surface area (Å²) in [6, 6.07) is 7.86. The third kappa shape index (κ3) is 4.97. The molecule has 0 radical (unpaired) electrons. The van der Waals surface area contributed by atoms with Crippen LogP contribution in [0.2, 0.25) is 0 Å². The van der Waals surface area contributed by atoms with Crippen LogP contribution in [-0.4, -0.2) is 30.1 Å². The highest BCUT2D eigenvalue weighted by molar-refractivity contribution is 5.85. The van der Waals surface area contributed by atoms with E-state index in [9.17, 15) is 9.90 Å². The van der Waals surface area contributed by atoms with Gasteiger partial charge in [0.1, 0.15) is 0 Å². The third-order valence-corrected chi connectivity index (χ3v) is 4.01. The molecule has 1 fully saturated rings. The topological polar surface area (TPSA) is 61.4 Å². The van der Waals surface area contributed by atoms with E-state index in [1.165, 1.54) is 5.56 Å². The van der Waals surface area contributed by atoms with Gasteiger partial charge in [-0.1, -0.05) is 45.0 Å². The second kappa shape index (κ2) is 7.95. The van der Waals surface area contributed by atoms with Crippen molar-refractivity contribution < 1.29 is 9.90 Å². The van der Waals surface area contributed by atoms with Crippen LogP contribution in [0.1, 0.15) is 50.8 Å². The van der Waals surface area contributed by atoms with Crippen molar-refractivity contribution in [2.75, 3.05) is 13.1 Å². The van der Waals surface area contributed by atoms with E-state index in [4.69, 9.17) is 0 Å². The van der Waals surface area contributed by atoms with Gasteiger partial charge in [0.05, 0.1) is 12.1 Å². The van der Waals surface area contributed by atoms with Crippen molar-refractivity contribution in [2.24, 2.45) is 0 Å². The second-order valence-electron chi connectivity index (χ2n) is 6.78. The normalized spacial score (nSPS) is 19.4. The molecule has 22 heavy (non-hydrogen) atoms. The lowest BCUT2D eigenvalue weighted by atomic mass is 9.86. The zero-order chi connectivity index (χ0) is 15.5. The summed E-state index contributed by atoms with van der Waals surface area (Å²) in [4.78, 5) is 11.9. The van der Waals surface area contributed by atoms with Crippen LogP contribution in [0.5, 0.6) is 0 Å². The summed E-state index contributed by atoms with van der Waals surface area (Å²) in [7, 11) is 0. The van der Waals surface area contributed by atoms with E-state index in [-0.39, 0.29) is 36.3 Å². The molecule has 1 aromatic carbocycles. The average Bonchev–Trinajstić information content (AvgIpc) is 2.98. The van der Waals surface area contributed by atoms with E-state index in [0.29, 0.717) is 0 Å². The Morgan fingerprint density at radius 1 is 1.36 bits per heavy atom. The third-order valence-electron chi connectivity index (χ3n) is 4.01. The quantitative estimate of drug-likeness (QED) is 0.795. The minimum absolute atomic E-state index is 0. The van der Waals surface area contributed by atoms with Crippen LogP contribution in [0.3, 0.4) is 0 Å². The van der Waals surface area contributed by atoms with Gasteiger partial charge >= 0.3 is 0 Å². The fourth-order valence-corrected chi connectivity index (χ4v) is 2.55. The SMILES string of the molecule is CC(C)(C)c1ccc(C(O)CNC(=O)C2CCCN2)cc1.Cl. The lowest BCUT2D eigenvalue weighted by Gasteiger charge is -2.20. The zero-order valence-corrected chi connectivity index (χ0v) is 14.4. The molecule has 0 spiro atoms. The predicted octanol–water partition coefficient (Wildman–Crippen LogP) is 2.31. The van der Waals surface area contributed by atoms with E-state index in [2.05, 4.69) is 31.4 Å².